The highest BCUT2D eigenvalue weighted by atomic mass is 32.2. The molecule has 0 unspecified atom stereocenters. The van der Waals surface area contributed by atoms with Crippen molar-refractivity contribution in [1.82, 2.24) is 14.9 Å². The van der Waals surface area contributed by atoms with Crippen LogP contribution in [-0.4, -0.2) is 27.9 Å². The number of anilines is 1. The van der Waals surface area contributed by atoms with E-state index in [4.69, 9.17) is 10.6 Å². The van der Waals surface area contributed by atoms with Crippen molar-refractivity contribution in [2.24, 2.45) is 0 Å². The molecule has 0 fully saturated rings. The number of rotatable bonds is 8. The Labute approximate surface area is 201 Å². The number of benzene rings is 3. The van der Waals surface area contributed by atoms with Crippen molar-refractivity contribution in [3.8, 4) is 5.75 Å². The van der Waals surface area contributed by atoms with E-state index >= 15 is 0 Å². The third-order valence-corrected chi connectivity index (χ3v) is 6.43. The number of thioether (sulfide) groups is 1. The van der Waals surface area contributed by atoms with Gasteiger partial charge in [-0.1, -0.05) is 66.4 Å². The lowest BCUT2D eigenvalue weighted by atomic mass is 10.1. The zero-order valence-electron chi connectivity index (χ0n) is 18.7. The Hall–Kier alpha value is -3.85. The number of methoxy groups -OCH3 is 1. The Kier molecular flexibility index (Phi) is 7.12. The van der Waals surface area contributed by atoms with Gasteiger partial charge in [-0.2, -0.15) is 0 Å². The number of hydrogen-bond acceptors (Lipinski definition) is 6. The number of nitrogens with two attached hydrogens (primary N) is 1. The molecule has 3 N–H and O–H groups in total. The van der Waals surface area contributed by atoms with Gasteiger partial charge in [0.1, 0.15) is 16.8 Å². The van der Waals surface area contributed by atoms with Crippen LogP contribution in [0, 0.1) is 12.7 Å². The number of aromatic nitrogens is 3. The number of hydrogen-bond donors (Lipinski definition) is 2. The third kappa shape index (κ3) is 5.20. The second kappa shape index (κ2) is 10.4. The molecule has 4 rings (SSSR count). The van der Waals surface area contributed by atoms with Crippen molar-refractivity contribution in [2.45, 2.75) is 23.8 Å². The number of nitrogens with zero attached hydrogens (tertiary/aromatic N) is 3. The molecule has 1 atom stereocenters. The van der Waals surface area contributed by atoms with E-state index in [1.165, 1.54) is 22.5 Å². The second-order valence-electron chi connectivity index (χ2n) is 7.64. The Balaban J connectivity index is 1.61. The van der Waals surface area contributed by atoms with Crippen LogP contribution in [-0.2, 0) is 11.2 Å². The molecule has 0 saturated carbocycles. The lowest BCUT2D eigenvalue weighted by Gasteiger charge is -2.18. The third-order valence-electron chi connectivity index (χ3n) is 5.22. The van der Waals surface area contributed by atoms with Gasteiger partial charge in [0.2, 0.25) is 11.1 Å². The molecule has 3 aromatic carbocycles. The van der Waals surface area contributed by atoms with Crippen molar-refractivity contribution in [1.29, 1.82) is 0 Å². The summed E-state index contributed by atoms with van der Waals surface area (Å²) >= 11 is 1.17. The van der Waals surface area contributed by atoms with Crippen LogP contribution in [0.1, 0.15) is 27.8 Å². The van der Waals surface area contributed by atoms with Crippen LogP contribution in [0.15, 0.2) is 78.0 Å². The summed E-state index contributed by atoms with van der Waals surface area (Å²) in [7, 11) is 1.55. The van der Waals surface area contributed by atoms with Crippen LogP contribution in [0.4, 0.5) is 10.1 Å². The van der Waals surface area contributed by atoms with Gasteiger partial charge in [-0.15, -0.1) is 10.2 Å². The van der Waals surface area contributed by atoms with E-state index < -0.39 is 5.25 Å². The van der Waals surface area contributed by atoms with E-state index in [1.807, 2.05) is 49.4 Å². The van der Waals surface area contributed by atoms with Crippen LogP contribution in [0.25, 0.3) is 0 Å². The first kappa shape index (κ1) is 23.3. The van der Waals surface area contributed by atoms with Crippen LogP contribution in [0.3, 0.4) is 0 Å². The molecule has 9 heteroatoms. The van der Waals surface area contributed by atoms with Crippen LogP contribution in [0.2, 0.25) is 0 Å². The van der Waals surface area contributed by atoms with E-state index in [2.05, 4.69) is 15.5 Å². The van der Waals surface area contributed by atoms with Crippen LogP contribution < -0.4 is 15.9 Å². The number of aryl methyl sites for hydroxylation is 1. The smallest absolute Gasteiger partial charge is 0.242 e. The monoisotopic (exact) mass is 477 g/mol. The molecule has 7 nitrogen and oxygen atoms in total. The van der Waals surface area contributed by atoms with Gasteiger partial charge in [-0.25, -0.2) is 9.07 Å². The molecular weight excluding hydrogens is 453 g/mol. The van der Waals surface area contributed by atoms with Crippen LogP contribution >= 0.6 is 11.8 Å². The average Bonchev–Trinajstić information content (AvgIpc) is 3.18. The maximum absolute atomic E-state index is 14.1. The van der Waals surface area contributed by atoms with Crippen molar-refractivity contribution in [3.05, 3.63) is 101 Å². The molecule has 34 heavy (non-hydrogen) atoms. The number of nitrogen functional groups attached to an aromatic ring is 1. The molecular formula is C25H24FN5O2S. The van der Waals surface area contributed by atoms with Gasteiger partial charge in [0.05, 0.1) is 12.8 Å². The fourth-order valence-corrected chi connectivity index (χ4v) is 4.42. The lowest BCUT2D eigenvalue weighted by molar-refractivity contribution is -0.115. The normalized spacial score (nSPS) is 11.7. The van der Waals surface area contributed by atoms with Gasteiger partial charge in [0, 0.05) is 6.42 Å². The van der Waals surface area contributed by atoms with Gasteiger partial charge < -0.3 is 15.9 Å². The first-order valence-corrected chi connectivity index (χ1v) is 11.4. The first-order valence-electron chi connectivity index (χ1n) is 10.6. The van der Waals surface area contributed by atoms with Gasteiger partial charge in [-0.05, 0) is 41.8 Å². The highest BCUT2D eigenvalue weighted by molar-refractivity contribution is 8.00. The van der Waals surface area contributed by atoms with E-state index in [9.17, 15) is 9.18 Å². The molecule has 1 aromatic heterocycles. The largest absolute Gasteiger partial charge is 0.495 e. The summed E-state index contributed by atoms with van der Waals surface area (Å²) in [4.78, 5) is 13.4. The fourth-order valence-electron chi connectivity index (χ4n) is 3.44. The molecule has 0 aliphatic carbocycles. The van der Waals surface area contributed by atoms with Gasteiger partial charge in [-0.3, -0.25) is 4.79 Å². The summed E-state index contributed by atoms with van der Waals surface area (Å²) in [5.74, 6) is 6.59. The SMILES string of the molecule is COc1ccc(C)cc1NC(=O)[C@H](Sc1nnc(Cc2ccccc2F)n1N)c1ccccc1. The molecule has 0 bridgehead atoms. The molecule has 1 heterocycles. The predicted octanol–water partition coefficient (Wildman–Crippen LogP) is 4.51. The number of carbonyl (C=O) groups is 1. The van der Waals surface area contributed by atoms with E-state index in [0.29, 0.717) is 28.0 Å². The van der Waals surface area contributed by atoms with Gasteiger partial charge >= 0.3 is 0 Å². The van der Waals surface area contributed by atoms with Crippen molar-refractivity contribution >= 4 is 23.4 Å². The Morgan fingerprint density at radius 2 is 1.85 bits per heavy atom. The van der Waals surface area contributed by atoms with E-state index in [1.54, 1.807) is 31.4 Å². The van der Waals surface area contributed by atoms with Crippen molar-refractivity contribution in [2.75, 3.05) is 18.3 Å². The van der Waals surface area contributed by atoms with Gasteiger partial charge in [0.25, 0.3) is 0 Å². The minimum Gasteiger partial charge on any atom is -0.495 e. The summed E-state index contributed by atoms with van der Waals surface area (Å²) in [6.07, 6.45) is 0.180. The minimum atomic E-state index is -0.667. The van der Waals surface area contributed by atoms with Crippen LogP contribution in [0.5, 0.6) is 5.75 Å². The summed E-state index contributed by atoms with van der Waals surface area (Å²) in [6, 6.07) is 21.3. The first-order chi connectivity index (χ1) is 16.5. The maximum Gasteiger partial charge on any atom is 0.242 e. The zero-order chi connectivity index (χ0) is 24.1. The number of carbonyl (C=O) groups excluding carboxylic acids is 1. The zero-order valence-corrected chi connectivity index (χ0v) is 19.6. The Morgan fingerprint density at radius 3 is 2.59 bits per heavy atom. The predicted molar refractivity (Wildman–Crippen MR) is 131 cm³/mol. The van der Waals surface area contributed by atoms with Crippen molar-refractivity contribution in [3.63, 3.8) is 0 Å². The van der Waals surface area contributed by atoms with Crippen molar-refractivity contribution < 1.29 is 13.9 Å². The highest BCUT2D eigenvalue weighted by Crippen LogP contribution is 2.36. The summed E-state index contributed by atoms with van der Waals surface area (Å²) < 4.78 is 20.8. The molecule has 0 aliphatic rings. The molecule has 0 saturated heterocycles. The molecule has 0 spiro atoms. The average molecular weight is 478 g/mol. The molecule has 1 amide bonds. The Bertz CT molecular complexity index is 1300. The summed E-state index contributed by atoms with van der Waals surface area (Å²) in [5, 5.41) is 10.9. The second-order valence-corrected chi connectivity index (χ2v) is 8.71. The molecule has 174 valence electrons. The maximum atomic E-state index is 14.1. The standard InChI is InChI=1S/C25H24FN5O2S/c1-16-12-13-21(33-2)20(14-16)28-24(32)23(17-8-4-3-5-9-17)34-25-30-29-22(31(25)27)15-18-10-6-7-11-19(18)26/h3-14,23H,15,27H2,1-2H3,(H,28,32)/t23-/m1/s1. The number of amides is 1. The topological polar surface area (TPSA) is 95.1 Å². The molecule has 4 aromatic rings. The summed E-state index contributed by atoms with van der Waals surface area (Å²) in [5.41, 5.74) is 2.79. The summed E-state index contributed by atoms with van der Waals surface area (Å²) in [6.45, 7) is 1.94. The van der Waals surface area contributed by atoms with Gasteiger partial charge in [0.15, 0.2) is 5.82 Å². The van der Waals surface area contributed by atoms with E-state index in [-0.39, 0.29) is 18.1 Å². The van der Waals surface area contributed by atoms with E-state index in [0.717, 1.165) is 11.1 Å². The minimum absolute atomic E-state index is 0.180. The quantitative estimate of drug-likeness (QED) is 0.286. The molecule has 0 aliphatic heterocycles. The molecule has 0 radical (unpaired) electrons. The number of nitrogens with one attached hydrogen (secondary N) is 1. The number of ether oxygens (including phenoxy) is 1. The Morgan fingerprint density at radius 1 is 1.12 bits per heavy atom. The lowest BCUT2D eigenvalue weighted by Crippen LogP contribution is -2.21. The highest BCUT2D eigenvalue weighted by Gasteiger charge is 2.26. The number of halogens is 1. The fraction of sp³-hybridized carbons (Fsp3) is 0.160.